The Bertz CT molecular complexity index is 327. The Morgan fingerprint density at radius 1 is 1.22 bits per heavy atom. The molecule has 0 bridgehead atoms. The lowest BCUT2D eigenvalue weighted by Gasteiger charge is -2.05. The van der Waals surface area contributed by atoms with Gasteiger partial charge in [0.2, 0.25) is 0 Å². The van der Waals surface area contributed by atoms with E-state index in [1.54, 1.807) is 7.11 Å². The van der Waals surface area contributed by atoms with E-state index in [0.29, 0.717) is 6.04 Å². The first kappa shape index (κ1) is 16.8. The molecule has 0 fully saturated rings. The van der Waals surface area contributed by atoms with Crippen molar-refractivity contribution in [2.24, 2.45) is 5.73 Å². The van der Waals surface area contributed by atoms with Crippen molar-refractivity contribution in [3.8, 4) is 0 Å². The van der Waals surface area contributed by atoms with Crippen molar-refractivity contribution in [3.63, 3.8) is 0 Å². The number of methoxy groups -OCH3 is 1. The maximum absolute atomic E-state index is 5.69. The number of hydrogen-bond donors (Lipinski definition) is 1. The van der Waals surface area contributed by atoms with Gasteiger partial charge in [-0.1, -0.05) is 50.1 Å². The minimum Gasteiger partial charge on any atom is -0.489 e. The molecule has 0 amide bonds. The average Bonchev–Trinajstić information content (AvgIpc) is 2.55. The number of ether oxygens (including phenoxy) is 1. The molecule has 0 unspecified atom stereocenters. The zero-order valence-electron chi connectivity index (χ0n) is 12.2. The monoisotopic (exact) mass is 249 g/mol. The molecule has 0 aromatic rings. The van der Waals surface area contributed by atoms with Crippen LogP contribution in [-0.2, 0) is 4.74 Å². The second kappa shape index (κ2) is 10.9. The summed E-state index contributed by atoms with van der Waals surface area (Å²) in [4.78, 5) is 0. The quantitative estimate of drug-likeness (QED) is 0.744. The Morgan fingerprint density at radius 2 is 1.83 bits per heavy atom. The van der Waals surface area contributed by atoms with Gasteiger partial charge in [0.15, 0.2) is 5.76 Å². The molecule has 0 aromatic carbocycles. The molecular formula is C16H27NO. The Kier molecular flexibility index (Phi) is 10.1. The highest BCUT2D eigenvalue weighted by Crippen LogP contribution is 2.04. The molecule has 0 heterocycles. The van der Waals surface area contributed by atoms with Gasteiger partial charge >= 0.3 is 0 Å². The van der Waals surface area contributed by atoms with Gasteiger partial charge in [-0.2, -0.15) is 0 Å². The van der Waals surface area contributed by atoms with Crippen LogP contribution in [0.3, 0.4) is 0 Å². The van der Waals surface area contributed by atoms with Gasteiger partial charge in [-0.25, -0.2) is 0 Å². The van der Waals surface area contributed by atoms with E-state index in [9.17, 15) is 0 Å². The molecule has 1 rings (SSSR count). The minimum atomic E-state index is 0.463. The molecule has 0 saturated heterocycles. The topological polar surface area (TPSA) is 35.2 Å². The predicted octanol–water partition coefficient (Wildman–Crippen LogP) is 4.10. The summed E-state index contributed by atoms with van der Waals surface area (Å²) in [5.74, 6) is 0.771. The van der Waals surface area contributed by atoms with Crippen molar-refractivity contribution in [1.29, 1.82) is 0 Å². The molecule has 0 saturated carbocycles. The smallest absolute Gasteiger partial charge is 0.161 e. The van der Waals surface area contributed by atoms with E-state index in [1.165, 1.54) is 31.3 Å². The molecule has 2 N–H and O–H groups in total. The first-order valence-electron chi connectivity index (χ1n) is 6.75. The van der Waals surface area contributed by atoms with Crippen LogP contribution in [0.4, 0.5) is 0 Å². The molecule has 2 heteroatoms. The highest BCUT2D eigenvalue weighted by atomic mass is 16.5. The lowest BCUT2D eigenvalue weighted by atomic mass is 10.1. The number of hydrogen-bond acceptors (Lipinski definition) is 2. The fourth-order valence-corrected chi connectivity index (χ4v) is 1.58. The second-order valence-corrected chi connectivity index (χ2v) is 4.46. The van der Waals surface area contributed by atoms with E-state index in [1.807, 2.05) is 31.2 Å². The molecule has 0 aromatic heterocycles. The van der Waals surface area contributed by atoms with Crippen LogP contribution in [0.1, 0.15) is 46.5 Å². The van der Waals surface area contributed by atoms with Crippen LogP contribution < -0.4 is 5.73 Å². The first-order chi connectivity index (χ1) is 8.63. The standard InChI is InChI=1S/C9H10O.C7H17N/c1-8-4-3-5-9(10-2)7-6-8;1-3-5-7(8)6-4-2/h3-4,6-7H,1-2H3;7H,3-6,8H2,1-2H3. The fourth-order valence-electron chi connectivity index (χ4n) is 1.58. The van der Waals surface area contributed by atoms with Gasteiger partial charge in [-0.15, -0.1) is 0 Å². The van der Waals surface area contributed by atoms with Gasteiger partial charge in [0.1, 0.15) is 0 Å². The summed E-state index contributed by atoms with van der Waals surface area (Å²) in [5.41, 5.74) is 9.87. The third-order valence-corrected chi connectivity index (χ3v) is 2.61. The summed E-state index contributed by atoms with van der Waals surface area (Å²) in [7, 11) is 1.64. The summed E-state index contributed by atoms with van der Waals surface area (Å²) in [6.07, 6.45) is 12.6. The van der Waals surface area contributed by atoms with Gasteiger partial charge in [-0.05, 0) is 31.9 Å². The SMILES string of the molecule is CCCC(N)CCC.COC1=C=CC=C(C)C=C1. The lowest BCUT2D eigenvalue weighted by Crippen LogP contribution is -2.18. The van der Waals surface area contributed by atoms with Crippen molar-refractivity contribution in [3.05, 3.63) is 41.4 Å². The van der Waals surface area contributed by atoms with Crippen LogP contribution in [0.5, 0.6) is 0 Å². The van der Waals surface area contributed by atoms with Crippen molar-refractivity contribution in [1.82, 2.24) is 0 Å². The molecule has 1 aliphatic carbocycles. The van der Waals surface area contributed by atoms with Crippen LogP contribution in [0.15, 0.2) is 41.4 Å². The molecule has 1 aliphatic rings. The Balaban J connectivity index is 0.000000331. The van der Waals surface area contributed by atoms with E-state index in [0.717, 1.165) is 5.76 Å². The van der Waals surface area contributed by atoms with Gasteiger partial charge in [-0.3, -0.25) is 0 Å². The van der Waals surface area contributed by atoms with Gasteiger partial charge in [0.05, 0.1) is 7.11 Å². The van der Waals surface area contributed by atoms with Crippen molar-refractivity contribution in [2.45, 2.75) is 52.5 Å². The molecular weight excluding hydrogens is 222 g/mol. The number of nitrogens with two attached hydrogens (primary N) is 1. The Morgan fingerprint density at radius 3 is 2.33 bits per heavy atom. The molecule has 2 nitrogen and oxygen atoms in total. The van der Waals surface area contributed by atoms with Crippen LogP contribution in [0, 0.1) is 0 Å². The van der Waals surface area contributed by atoms with Crippen LogP contribution in [0.2, 0.25) is 0 Å². The molecule has 0 atom stereocenters. The third-order valence-electron chi connectivity index (χ3n) is 2.61. The first-order valence-corrected chi connectivity index (χ1v) is 6.75. The molecule has 102 valence electrons. The van der Waals surface area contributed by atoms with Gasteiger partial charge in [0.25, 0.3) is 0 Å². The van der Waals surface area contributed by atoms with Crippen LogP contribution in [-0.4, -0.2) is 13.2 Å². The van der Waals surface area contributed by atoms with E-state index in [2.05, 4.69) is 19.6 Å². The highest BCUT2D eigenvalue weighted by Gasteiger charge is 1.96. The predicted molar refractivity (Wildman–Crippen MR) is 79.3 cm³/mol. The summed E-state index contributed by atoms with van der Waals surface area (Å²) < 4.78 is 4.97. The molecule has 0 aliphatic heterocycles. The second-order valence-electron chi connectivity index (χ2n) is 4.46. The summed E-state index contributed by atoms with van der Waals surface area (Å²) in [6, 6.07) is 0.463. The maximum Gasteiger partial charge on any atom is 0.161 e. The molecule has 0 spiro atoms. The van der Waals surface area contributed by atoms with Crippen LogP contribution >= 0.6 is 0 Å². The van der Waals surface area contributed by atoms with Gasteiger partial charge in [0, 0.05) is 6.04 Å². The Labute approximate surface area is 112 Å². The Hall–Kier alpha value is -1.24. The van der Waals surface area contributed by atoms with Crippen LogP contribution in [0.25, 0.3) is 0 Å². The summed E-state index contributed by atoms with van der Waals surface area (Å²) in [5, 5.41) is 0. The summed E-state index contributed by atoms with van der Waals surface area (Å²) >= 11 is 0. The number of allylic oxidation sites excluding steroid dienone is 4. The minimum absolute atomic E-state index is 0.463. The third kappa shape index (κ3) is 8.86. The van der Waals surface area contributed by atoms with Crippen molar-refractivity contribution in [2.75, 3.05) is 7.11 Å². The van der Waals surface area contributed by atoms with E-state index < -0.39 is 0 Å². The van der Waals surface area contributed by atoms with Crippen molar-refractivity contribution < 1.29 is 4.74 Å². The van der Waals surface area contributed by atoms with E-state index in [4.69, 9.17) is 10.5 Å². The number of rotatable bonds is 5. The maximum atomic E-state index is 5.69. The van der Waals surface area contributed by atoms with E-state index >= 15 is 0 Å². The van der Waals surface area contributed by atoms with Gasteiger partial charge < -0.3 is 10.5 Å². The largest absolute Gasteiger partial charge is 0.489 e. The molecule has 0 radical (unpaired) electrons. The van der Waals surface area contributed by atoms with Crippen molar-refractivity contribution >= 4 is 0 Å². The average molecular weight is 249 g/mol. The zero-order chi connectivity index (χ0) is 13.8. The highest BCUT2D eigenvalue weighted by molar-refractivity contribution is 5.30. The zero-order valence-corrected chi connectivity index (χ0v) is 12.2. The fraction of sp³-hybridized carbons (Fsp3) is 0.562. The molecule has 18 heavy (non-hydrogen) atoms. The van der Waals surface area contributed by atoms with E-state index in [-0.39, 0.29) is 0 Å². The normalized spacial score (nSPS) is 13.4. The lowest BCUT2D eigenvalue weighted by molar-refractivity contribution is 0.308. The summed E-state index contributed by atoms with van der Waals surface area (Å²) in [6.45, 7) is 6.39.